The quantitative estimate of drug-likeness (QED) is 0.164. The van der Waals surface area contributed by atoms with Gasteiger partial charge in [-0.2, -0.15) is 4.98 Å². The maximum atomic E-state index is 12.6. The number of fused-ring (bicyclic) bond motifs is 1. The van der Waals surface area contributed by atoms with E-state index in [2.05, 4.69) is 20.7 Å². The van der Waals surface area contributed by atoms with E-state index < -0.39 is 21.7 Å². The molecule has 4 N–H and O–H groups in total. The van der Waals surface area contributed by atoms with Crippen LogP contribution in [0.5, 0.6) is 0 Å². The number of para-hydroxylation sites is 1. The zero-order valence-corrected chi connectivity index (χ0v) is 26.7. The van der Waals surface area contributed by atoms with Crippen LogP contribution in [0.1, 0.15) is 59.3 Å². The third-order valence-electron chi connectivity index (χ3n) is 7.35. The van der Waals surface area contributed by atoms with E-state index in [1.54, 1.807) is 18.2 Å². The highest BCUT2D eigenvalue weighted by Crippen LogP contribution is 2.29. The molecule has 1 saturated carbocycles. The van der Waals surface area contributed by atoms with E-state index in [0.29, 0.717) is 42.4 Å². The lowest BCUT2D eigenvalue weighted by Crippen LogP contribution is -2.33. The second-order valence-corrected chi connectivity index (χ2v) is 14.3. The summed E-state index contributed by atoms with van der Waals surface area (Å²) in [5.41, 5.74) is 0.358. The van der Waals surface area contributed by atoms with Gasteiger partial charge in [-0.1, -0.05) is 29.8 Å². The lowest BCUT2D eigenvalue weighted by atomic mass is 9.82. The van der Waals surface area contributed by atoms with Crippen LogP contribution in [0.15, 0.2) is 53.4 Å². The van der Waals surface area contributed by atoms with Crippen LogP contribution < -0.4 is 20.7 Å². The second kappa shape index (κ2) is 15.0. The minimum Gasteiger partial charge on any atom is -0.444 e. The molecule has 1 fully saturated rings. The van der Waals surface area contributed by atoms with Crippen molar-refractivity contribution in [3.63, 3.8) is 0 Å². The molecule has 1 amide bonds. The van der Waals surface area contributed by atoms with Crippen molar-refractivity contribution in [2.75, 3.05) is 36.8 Å². The summed E-state index contributed by atoms with van der Waals surface area (Å²) in [6, 6.07) is 14.3. The molecule has 1 aliphatic rings. The highest BCUT2D eigenvalue weighted by molar-refractivity contribution is 7.89. The van der Waals surface area contributed by atoms with Gasteiger partial charge in [-0.25, -0.2) is 22.9 Å². The van der Waals surface area contributed by atoms with Crippen LogP contribution in [0.25, 0.3) is 10.9 Å². The zero-order valence-electron chi connectivity index (χ0n) is 25.2. The Kier molecular flexibility index (Phi) is 11.5. The molecule has 0 aliphatic heterocycles. The lowest BCUT2D eigenvalue weighted by Gasteiger charge is -2.28. The van der Waals surface area contributed by atoms with Crippen molar-refractivity contribution in [3.8, 4) is 0 Å². The van der Waals surface area contributed by atoms with Gasteiger partial charge in [-0.15, -0.1) is 0 Å². The number of alkyl carbamates (subject to hydrolysis) is 1. The number of aromatic nitrogens is 2. The van der Waals surface area contributed by atoms with Gasteiger partial charge in [-0.3, -0.25) is 0 Å². The fourth-order valence-corrected chi connectivity index (χ4v) is 6.49. The highest BCUT2D eigenvalue weighted by atomic mass is 35.5. The molecule has 0 spiro atoms. The van der Waals surface area contributed by atoms with Crippen LogP contribution in [0.2, 0.25) is 5.02 Å². The number of nitrogens with zero attached hydrogens (tertiary/aromatic N) is 2. The molecule has 1 heterocycles. The van der Waals surface area contributed by atoms with Crippen LogP contribution in [-0.4, -0.2) is 56.3 Å². The number of halogens is 1. The molecule has 43 heavy (non-hydrogen) atoms. The van der Waals surface area contributed by atoms with Gasteiger partial charge in [0, 0.05) is 36.6 Å². The number of nitrogens with one attached hydrogen (secondary N) is 4. The molecule has 2 aromatic carbocycles. The monoisotopic (exact) mass is 630 g/mol. The van der Waals surface area contributed by atoms with Crippen molar-refractivity contribution in [2.24, 2.45) is 11.8 Å². The first-order valence-electron chi connectivity index (χ1n) is 14.9. The first-order valence-corrected chi connectivity index (χ1v) is 16.8. The Bertz CT molecular complexity index is 1470. The topological polar surface area (TPSA) is 134 Å². The molecule has 3 aromatic rings. The number of hydrogen-bond donors (Lipinski definition) is 4. The van der Waals surface area contributed by atoms with Crippen LogP contribution in [-0.2, 0) is 14.8 Å². The maximum absolute atomic E-state index is 12.6. The number of anilines is 2. The summed E-state index contributed by atoms with van der Waals surface area (Å²) in [7, 11) is -3.58. The number of benzene rings is 2. The number of carbonyl (C=O) groups is 1. The van der Waals surface area contributed by atoms with Crippen molar-refractivity contribution in [2.45, 2.75) is 69.8 Å². The van der Waals surface area contributed by atoms with E-state index in [4.69, 9.17) is 26.3 Å². The van der Waals surface area contributed by atoms with Crippen molar-refractivity contribution in [1.82, 2.24) is 20.0 Å². The van der Waals surface area contributed by atoms with E-state index in [1.165, 1.54) is 6.07 Å². The smallest absolute Gasteiger partial charge is 0.407 e. The summed E-state index contributed by atoms with van der Waals surface area (Å²) in [6.07, 6.45) is 5.20. The summed E-state index contributed by atoms with van der Waals surface area (Å²) < 4.78 is 33.3. The number of unbranched alkanes of at least 4 members (excludes halogenated alkanes) is 1. The van der Waals surface area contributed by atoms with E-state index in [-0.39, 0.29) is 4.90 Å². The van der Waals surface area contributed by atoms with Gasteiger partial charge in [0.25, 0.3) is 0 Å². The molecule has 0 unspecified atom stereocenters. The van der Waals surface area contributed by atoms with E-state index in [1.807, 2.05) is 45.0 Å². The van der Waals surface area contributed by atoms with Crippen LogP contribution in [0.3, 0.4) is 0 Å². The third kappa shape index (κ3) is 10.5. The number of carbonyl (C=O) groups excluding carboxylic acids is 1. The van der Waals surface area contributed by atoms with E-state index >= 15 is 0 Å². The van der Waals surface area contributed by atoms with E-state index in [0.717, 1.165) is 61.8 Å². The number of hydrogen-bond acceptors (Lipinski definition) is 8. The molecular weight excluding hydrogens is 588 g/mol. The Hall–Kier alpha value is -3.15. The molecule has 12 heteroatoms. The maximum Gasteiger partial charge on any atom is 0.407 e. The van der Waals surface area contributed by atoms with Crippen LogP contribution in [0.4, 0.5) is 16.6 Å². The third-order valence-corrected chi connectivity index (χ3v) is 9.01. The molecule has 0 radical (unpaired) electrons. The van der Waals surface area contributed by atoms with Gasteiger partial charge in [0.1, 0.15) is 11.4 Å². The predicted molar refractivity (Wildman–Crippen MR) is 172 cm³/mol. The van der Waals surface area contributed by atoms with Gasteiger partial charge in [0.15, 0.2) is 0 Å². The van der Waals surface area contributed by atoms with Crippen molar-refractivity contribution >= 4 is 50.4 Å². The highest BCUT2D eigenvalue weighted by Gasteiger charge is 2.24. The second-order valence-electron chi connectivity index (χ2n) is 12.1. The fourth-order valence-electron chi connectivity index (χ4n) is 5.07. The summed E-state index contributed by atoms with van der Waals surface area (Å²) in [5, 5.41) is 11.0. The van der Waals surface area contributed by atoms with Gasteiger partial charge >= 0.3 is 6.09 Å². The normalized spacial score (nSPS) is 17.4. The standard InChI is InChI=1S/C31H43ClN6O4S/c1-31(2,3)42-30(39)34-18-7-6-17-33-28-26-11-4-5-12-27(26)37-29(38-28)35-20-22-13-15-23(16-14-22)21-36-43(40,41)25-10-8-9-24(32)19-25/h4-5,8-12,19,22-23,36H,6-7,13-18,20-21H2,1-3H3,(H,34,39)(H2,33,35,37,38). The predicted octanol–water partition coefficient (Wildman–Crippen LogP) is 6.20. The molecule has 0 atom stereocenters. The Morgan fingerprint density at radius 2 is 1.63 bits per heavy atom. The number of amides is 1. The SMILES string of the molecule is CC(C)(C)OC(=O)NCCCCNc1nc(NCC2CCC(CNS(=O)(=O)c3cccc(Cl)c3)CC2)nc2ccccc12. The molecule has 4 rings (SSSR count). The molecule has 0 bridgehead atoms. The number of rotatable bonds is 13. The van der Waals surface area contributed by atoms with E-state index in [9.17, 15) is 13.2 Å². The van der Waals surface area contributed by atoms with Crippen molar-refractivity contribution in [1.29, 1.82) is 0 Å². The fraction of sp³-hybridized carbons (Fsp3) is 0.516. The van der Waals surface area contributed by atoms with Gasteiger partial charge in [0.2, 0.25) is 16.0 Å². The Morgan fingerprint density at radius 3 is 2.35 bits per heavy atom. The average molecular weight is 631 g/mol. The van der Waals surface area contributed by atoms with Crippen molar-refractivity contribution in [3.05, 3.63) is 53.6 Å². The lowest BCUT2D eigenvalue weighted by molar-refractivity contribution is 0.0527. The first kappa shape index (κ1) is 32.8. The summed E-state index contributed by atoms with van der Waals surface area (Å²) in [4.78, 5) is 21.5. The minimum atomic E-state index is -3.58. The van der Waals surface area contributed by atoms with Crippen molar-refractivity contribution < 1.29 is 17.9 Å². The molecule has 1 aromatic heterocycles. The van der Waals surface area contributed by atoms with Gasteiger partial charge in [-0.05, 0) is 101 Å². The summed E-state index contributed by atoms with van der Waals surface area (Å²) in [5.74, 6) is 2.13. The molecule has 1 aliphatic carbocycles. The summed E-state index contributed by atoms with van der Waals surface area (Å²) >= 11 is 5.96. The van der Waals surface area contributed by atoms with Gasteiger partial charge < -0.3 is 20.7 Å². The molecule has 0 saturated heterocycles. The Labute approximate surface area is 259 Å². The Morgan fingerprint density at radius 1 is 0.930 bits per heavy atom. The largest absolute Gasteiger partial charge is 0.444 e. The first-order chi connectivity index (χ1) is 20.5. The van der Waals surface area contributed by atoms with Gasteiger partial charge in [0.05, 0.1) is 10.4 Å². The van der Waals surface area contributed by atoms with Crippen LogP contribution in [0, 0.1) is 11.8 Å². The Balaban J connectivity index is 1.22. The number of sulfonamides is 1. The average Bonchev–Trinajstić information content (AvgIpc) is 2.96. The summed E-state index contributed by atoms with van der Waals surface area (Å²) in [6.45, 7) is 7.97. The van der Waals surface area contributed by atoms with Crippen LogP contribution >= 0.6 is 11.6 Å². The zero-order chi connectivity index (χ0) is 30.9. The minimum absolute atomic E-state index is 0.192. The number of ether oxygens (including phenoxy) is 1. The molecule has 234 valence electrons. The molecule has 10 nitrogen and oxygen atoms in total. The molecular formula is C31H43ClN6O4S.